The first-order valence-corrected chi connectivity index (χ1v) is 11.9. The van der Waals surface area contributed by atoms with Gasteiger partial charge in [0.1, 0.15) is 5.58 Å². The fourth-order valence-corrected chi connectivity index (χ4v) is 4.56. The van der Waals surface area contributed by atoms with E-state index in [0.717, 1.165) is 55.2 Å². The van der Waals surface area contributed by atoms with E-state index in [4.69, 9.17) is 4.42 Å². The van der Waals surface area contributed by atoms with Crippen molar-refractivity contribution in [2.75, 3.05) is 19.6 Å². The number of hydrogen-bond donors (Lipinski definition) is 1. The van der Waals surface area contributed by atoms with E-state index in [-0.39, 0.29) is 30.6 Å². The maximum Gasteiger partial charge on any atom is 0.250 e. The third-order valence-corrected chi connectivity index (χ3v) is 6.56. The first kappa shape index (κ1) is 23.4. The monoisotopic (exact) mass is 456 g/mol. The van der Waals surface area contributed by atoms with Crippen LogP contribution in [0.5, 0.6) is 0 Å². The molecule has 5 nitrogen and oxygen atoms in total. The molecule has 1 unspecified atom stereocenters. The van der Waals surface area contributed by atoms with Crippen molar-refractivity contribution in [3.8, 4) is 11.8 Å². The van der Waals surface area contributed by atoms with Gasteiger partial charge in [-0.3, -0.25) is 14.9 Å². The van der Waals surface area contributed by atoms with Crippen LogP contribution in [-0.4, -0.2) is 42.3 Å². The Balaban J connectivity index is 1.22. The number of unbranched alkanes of at least 4 members (excludes halogenated alkanes) is 4. The Kier molecular flexibility index (Phi) is 7.44. The number of halogens is 2. The lowest BCUT2D eigenvalue weighted by Gasteiger charge is -2.31. The molecular weight excluding hydrogens is 426 g/mol. The Bertz CT molecular complexity index is 1060. The molecule has 0 saturated carbocycles. The second-order valence-corrected chi connectivity index (χ2v) is 9.07. The second kappa shape index (κ2) is 10.5. The van der Waals surface area contributed by atoms with Crippen LogP contribution >= 0.6 is 0 Å². The number of alkyl halides is 2. The van der Waals surface area contributed by atoms with Crippen LogP contribution in [0.3, 0.4) is 0 Å². The fraction of sp³-hybridized carbons (Fsp3) is 0.538. The van der Waals surface area contributed by atoms with Gasteiger partial charge in [0.25, 0.3) is 5.92 Å². The lowest BCUT2D eigenvalue weighted by Crippen LogP contribution is -2.39. The normalized spacial score (nSPS) is 21.0. The first-order valence-electron chi connectivity index (χ1n) is 11.9. The third kappa shape index (κ3) is 6.20. The van der Waals surface area contributed by atoms with E-state index in [0.29, 0.717) is 31.5 Å². The van der Waals surface area contributed by atoms with Gasteiger partial charge in [-0.25, -0.2) is 8.78 Å². The van der Waals surface area contributed by atoms with Gasteiger partial charge < -0.3 is 9.32 Å². The Morgan fingerprint density at radius 1 is 1.12 bits per heavy atom. The number of rotatable bonds is 7. The molecule has 0 spiro atoms. The van der Waals surface area contributed by atoms with E-state index < -0.39 is 5.92 Å². The molecule has 176 valence electrons. The number of piperidine rings is 2. The van der Waals surface area contributed by atoms with Gasteiger partial charge >= 0.3 is 0 Å². The van der Waals surface area contributed by atoms with Gasteiger partial charge in [0.05, 0.1) is 12.2 Å². The van der Waals surface area contributed by atoms with Crippen molar-refractivity contribution >= 4 is 22.8 Å². The third-order valence-electron chi connectivity index (χ3n) is 6.56. The molecule has 2 aliphatic heterocycles. The molecule has 2 saturated heterocycles. The molecular formula is C26H30F2N2O3. The molecule has 3 heterocycles. The number of imide groups is 1. The zero-order chi connectivity index (χ0) is 23.3. The molecule has 2 aliphatic rings. The van der Waals surface area contributed by atoms with Gasteiger partial charge in [-0.05, 0) is 44.0 Å². The summed E-state index contributed by atoms with van der Waals surface area (Å²) in [6, 6.07) is 5.73. The summed E-state index contributed by atoms with van der Waals surface area (Å²) in [5.41, 5.74) is 2.38. The standard InChI is InChI=1S/C26H30F2N2O3/c27-26(28)12-15-30(16-13-26)14-6-4-2-1-3-5-7-19-8-10-23-21(17-19)22(18-33-23)20-9-11-24(31)29-25(20)32/h8,10,17-18,20H,1-4,6,9,11-16H2,(H,29,31,32). The molecule has 7 heteroatoms. The minimum atomic E-state index is -2.47. The van der Waals surface area contributed by atoms with Crippen molar-refractivity contribution in [1.29, 1.82) is 0 Å². The van der Waals surface area contributed by atoms with E-state index in [9.17, 15) is 18.4 Å². The Labute approximate surface area is 192 Å². The van der Waals surface area contributed by atoms with Crippen LogP contribution in [0.2, 0.25) is 0 Å². The molecule has 2 aromatic rings. The van der Waals surface area contributed by atoms with Gasteiger partial charge in [-0.15, -0.1) is 0 Å². The van der Waals surface area contributed by atoms with Crippen molar-refractivity contribution in [3.63, 3.8) is 0 Å². The summed E-state index contributed by atoms with van der Waals surface area (Å²) in [4.78, 5) is 25.8. The number of carbonyl (C=O) groups is 2. The van der Waals surface area contributed by atoms with Gasteiger partial charge in [0, 0.05) is 55.3 Å². The summed E-state index contributed by atoms with van der Waals surface area (Å²) in [5.74, 6) is 3.07. The molecule has 2 amide bonds. The number of carbonyl (C=O) groups excluding carboxylic acids is 2. The van der Waals surface area contributed by atoms with Crippen LogP contribution in [0.1, 0.15) is 74.8 Å². The highest BCUT2D eigenvalue weighted by molar-refractivity contribution is 6.02. The number of hydrogen-bond acceptors (Lipinski definition) is 4. The van der Waals surface area contributed by atoms with Crippen molar-refractivity contribution in [2.45, 2.75) is 69.6 Å². The molecule has 1 N–H and O–H groups in total. The Morgan fingerprint density at radius 3 is 2.70 bits per heavy atom. The van der Waals surface area contributed by atoms with Crippen LogP contribution < -0.4 is 5.32 Å². The number of nitrogens with one attached hydrogen (secondary N) is 1. The summed E-state index contributed by atoms with van der Waals surface area (Å²) in [6.07, 6.45) is 7.43. The van der Waals surface area contributed by atoms with E-state index in [1.165, 1.54) is 0 Å². The van der Waals surface area contributed by atoms with Gasteiger partial charge in [-0.2, -0.15) is 0 Å². The Morgan fingerprint density at radius 2 is 1.91 bits per heavy atom. The van der Waals surface area contributed by atoms with E-state index >= 15 is 0 Å². The molecule has 1 atom stereocenters. The van der Waals surface area contributed by atoms with Crippen molar-refractivity contribution in [1.82, 2.24) is 10.2 Å². The quantitative estimate of drug-likeness (QED) is 0.362. The zero-order valence-electron chi connectivity index (χ0n) is 18.8. The Hall–Kier alpha value is -2.72. The largest absolute Gasteiger partial charge is 0.464 e. The summed E-state index contributed by atoms with van der Waals surface area (Å²) in [7, 11) is 0. The molecule has 2 fully saturated rings. The molecule has 0 radical (unpaired) electrons. The summed E-state index contributed by atoms with van der Waals surface area (Å²) in [5, 5.41) is 3.27. The van der Waals surface area contributed by atoms with Crippen molar-refractivity contribution < 1.29 is 22.8 Å². The molecule has 0 aliphatic carbocycles. The highest BCUT2D eigenvalue weighted by atomic mass is 19.3. The zero-order valence-corrected chi connectivity index (χ0v) is 18.8. The highest BCUT2D eigenvalue weighted by Gasteiger charge is 2.33. The van der Waals surface area contributed by atoms with Crippen LogP contribution in [0.25, 0.3) is 11.0 Å². The van der Waals surface area contributed by atoms with Gasteiger partial charge in [0.15, 0.2) is 0 Å². The number of benzene rings is 1. The number of amides is 2. The summed E-state index contributed by atoms with van der Waals surface area (Å²) >= 11 is 0. The van der Waals surface area contributed by atoms with E-state index in [1.807, 2.05) is 18.2 Å². The minimum absolute atomic E-state index is 0.0117. The average Bonchev–Trinajstić information content (AvgIpc) is 3.19. The first-order chi connectivity index (χ1) is 15.9. The smallest absolute Gasteiger partial charge is 0.250 e. The summed E-state index contributed by atoms with van der Waals surface area (Å²) < 4.78 is 32.0. The topological polar surface area (TPSA) is 62.6 Å². The van der Waals surface area contributed by atoms with Gasteiger partial charge in [-0.1, -0.05) is 24.7 Å². The lowest BCUT2D eigenvalue weighted by atomic mass is 9.90. The number of likely N-dealkylation sites (tertiary alicyclic amines) is 1. The summed E-state index contributed by atoms with van der Waals surface area (Å²) in [6.45, 7) is 1.91. The van der Waals surface area contributed by atoms with Crippen LogP contribution in [0.4, 0.5) is 8.78 Å². The predicted octanol–water partition coefficient (Wildman–Crippen LogP) is 4.99. The molecule has 33 heavy (non-hydrogen) atoms. The minimum Gasteiger partial charge on any atom is -0.464 e. The maximum atomic E-state index is 13.2. The molecule has 1 aromatic carbocycles. The molecule has 1 aromatic heterocycles. The number of nitrogens with zero attached hydrogens (tertiary/aromatic N) is 1. The maximum absolute atomic E-state index is 13.2. The highest BCUT2D eigenvalue weighted by Crippen LogP contribution is 2.33. The predicted molar refractivity (Wildman–Crippen MR) is 122 cm³/mol. The van der Waals surface area contributed by atoms with Gasteiger partial charge in [0.2, 0.25) is 11.8 Å². The number of fused-ring (bicyclic) bond motifs is 1. The number of furan rings is 1. The van der Waals surface area contributed by atoms with Crippen LogP contribution in [0.15, 0.2) is 28.9 Å². The van der Waals surface area contributed by atoms with Crippen molar-refractivity contribution in [3.05, 3.63) is 35.6 Å². The lowest BCUT2D eigenvalue weighted by molar-refractivity contribution is -0.134. The van der Waals surface area contributed by atoms with Crippen molar-refractivity contribution in [2.24, 2.45) is 0 Å². The SMILES string of the molecule is O=C1CCC(c2coc3ccc(C#CCCCCCCN4CCC(F)(F)CC4)cc23)C(=O)N1. The van der Waals surface area contributed by atoms with Crippen LogP contribution in [-0.2, 0) is 9.59 Å². The second-order valence-electron chi connectivity index (χ2n) is 9.07. The van der Waals surface area contributed by atoms with Crippen LogP contribution in [0, 0.1) is 11.8 Å². The average molecular weight is 457 g/mol. The molecule has 0 bridgehead atoms. The van der Waals surface area contributed by atoms with E-state index in [2.05, 4.69) is 22.1 Å². The molecule has 4 rings (SSSR count). The fourth-order valence-electron chi connectivity index (χ4n) is 4.56. The van der Waals surface area contributed by atoms with E-state index in [1.54, 1.807) is 6.26 Å².